The number of anilines is 2. The Morgan fingerprint density at radius 2 is 2.00 bits per heavy atom. The maximum absolute atomic E-state index is 12.7. The van der Waals surface area contributed by atoms with Gasteiger partial charge in [0.05, 0.1) is 27.9 Å². The van der Waals surface area contributed by atoms with E-state index in [4.69, 9.17) is 4.42 Å². The van der Waals surface area contributed by atoms with Gasteiger partial charge in [0.15, 0.2) is 5.58 Å². The van der Waals surface area contributed by atoms with Crippen molar-refractivity contribution in [1.29, 1.82) is 0 Å². The second kappa shape index (κ2) is 7.23. The van der Waals surface area contributed by atoms with E-state index in [0.29, 0.717) is 23.3 Å². The smallest absolute Gasteiger partial charge is 0.407 e. The summed E-state index contributed by atoms with van der Waals surface area (Å²) in [5, 5.41) is 13.6. The number of nitrogens with zero attached hydrogens (tertiary/aromatic N) is 3. The van der Waals surface area contributed by atoms with Crippen molar-refractivity contribution in [3.8, 4) is 0 Å². The molecule has 4 rings (SSSR count). The van der Waals surface area contributed by atoms with Gasteiger partial charge in [-0.15, -0.1) is 0 Å². The minimum Gasteiger partial charge on any atom is -0.407 e. The van der Waals surface area contributed by atoms with E-state index in [2.05, 4.69) is 5.32 Å². The summed E-state index contributed by atoms with van der Waals surface area (Å²) in [4.78, 5) is 48.3. The lowest BCUT2D eigenvalue weighted by Gasteiger charge is -2.29. The van der Waals surface area contributed by atoms with E-state index in [9.17, 15) is 24.5 Å². The second-order valence-electron chi connectivity index (χ2n) is 6.58. The Kier molecular flexibility index (Phi) is 4.59. The molecular weight excluding hydrogens is 380 g/mol. The number of para-hydroxylation sites is 2. The van der Waals surface area contributed by atoms with Crippen LogP contribution in [0.5, 0.6) is 0 Å². The number of hydrogen-bond acceptors (Lipinski definition) is 6. The Hall–Kier alpha value is -3.95. The number of benzene rings is 2. The molecule has 0 saturated carbocycles. The number of hydrogen-bond donors (Lipinski definition) is 1. The van der Waals surface area contributed by atoms with Gasteiger partial charge in [0, 0.05) is 19.0 Å². The Labute approximate surface area is 163 Å². The van der Waals surface area contributed by atoms with Crippen molar-refractivity contribution in [2.75, 3.05) is 16.8 Å². The molecule has 29 heavy (non-hydrogen) atoms. The molecule has 0 aliphatic carbocycles. The van der Waals surface area contributed by atoms with E-state index in [-0.39, 0.29) is 42.6 Å². The van der Waals surface area contributed by atoms with Gasteiger partial charge in [0.1, 0.15) is 6.54 Å². The number of nitrogens with one attached hydrogen (secondary N) is 1. The number of aryl methyl sites for hydroxylation is 1. The highest BCUT2D eigenvalue weighted by Gasteiger charge is 2.26. The molecule has 0 fully saturated rings. The predicted octanol–water partition coefficient (Wildman–Crippen LogP) is 2.27. The third-order valence-electron chi connectivity index (χ3n) is 4.71. The van der Waals surface area contributed by atoms with Crippen LogP contribution in [0.3, 0.4) is 0 Å². The van der Waals surface area contributed by atoms with Gasteiger partial charge in [-0.05, 0) is 24.6 Å². The van der Waals surface area contributed by atoms with Gasteiger partial charge in [0.2, 0.25) is 11.8 Å². The average Bonchev–Trinajstić information content (AvgIpc) is 3.01. The number of amides is 2. The fraction of sp³-hybridized carbons (Fsp3) is 0.211. The van der Waals surface area contributed by atoms with Crippen LogP contribution < -0.4 is 16.0 Å². The van der Waals surface area contributed by atoms with Gasteiger partial charge in [-0.3, -0.25) is 24.3 Å². The highest BCUT2D eigenvalue weighted by atomic mass is 16.6. The molecule has 2 amide bonds. The summed E-state index contributed by atoms with van der Waals surface area (Å²) in [5.41, 5.74) is 1.59. The van der Waals surface area contributed by atoms with Crippen LogP contribution in [-0.4, -0.2) is 27.8 Å². The van der Waals surface area contributed by atoms with E-state index in [1.54, 1.807) is 24.3 Å². The summed E-state index contributed by atoms with van der Waals surface area (Å²) in [7, 11) is 0. The first-order valence-corrected chi connectivity index (χ1v) is 8.91. The minimum atomic E-state index is -0.643. The number of non-ortho nitro benzene ring substituents is 1. The molecule has 0 spiro atoms. The zero-order valence-corrected chi connectivity index (χ0v) is 15.2. The lowest BCUT2D eigenvalue weighted by Crippen LogP contribution is -2.42. The molecule has 0 radical (unpaired) electrons. The standard InChI is InChI=1S/C19H16N4O6/c24-17-11-22(14-5-2-1-4-13(14)20-17)18(25)6-3-9-21-15-8-7-12(23(27)28)10-16(15)29-19(21)26/h1-2,4-5,7-8,10H,3,6,9,11H2,(H,20,24). The van der Waals surface area contributed by atoms with Gasteiger partial charge in [-0.25, -0.2) is 4.79 Å². The van der Waals surface area contributed by atoms with Gasteiger partial charge in [0.25, 0.3) is 5.69 Å². The van der Waals surface area contributed by atoms with E-state index in [0.717, 1.165) is 0 Å². The Morgan fingerprint density at radius 1 is 1.21 bits per heavy atom. The van der Waals surface area contributed by atoms with Crippen molar-refractivity contribution in [3.05, 3.63) is 63.1 Å². The number of oxazole rings is 1. The highest BCUT2D eigenvalue weighted by Crippen LogP contribution is 2.29. The van der Waals surface area contributed by atoms with Crippen LogP contribution in [0.25, 0.3) is 11.1 Å². The molecule has 0 atom stereocenters. The van der Waals surface area contributed by atoms with Gasteiger partial charge < -0.3 is 14.6 Å². The first kappa shape index (κ1) is 18.4. The number of nitro groups is 1. The summed E-state index contributed by atoms with van der Waals surface area (Å²) < 4.78 is 6.42. The van der Waals surface area contributed by atoms with Crippen molar-refractivity contribution in [3.63, 3.8) is 0 Å². The number of aromatic nitrogens is 1. The lowest BCUT2D eigenvalue weighted by molar-refractivity contribution is -0.384. The van der Waals surface area contributed by atoms with E-state index >= 15 is 0 Å². The molecular formula is C19H16N4O6. The van der Waals surface area contributed by atoms with Crippen molar-refractivity contribution in [2.45, 2.75) is 19.4 Å². The topological polar surface area (TPSA) is 128 Å². The fourth-order valence-corrected chi connectivity index (χ4v) is 3.36. The first-order valence-electron chi connectivity index (χ1n) is 8.91. The van der Waals surface area contributed by atoms with Crippen molar-refractivity contribution >= 4 is 40.0 Å². The number of fused-ring (bicyclic) bond motifs is 2. The average molecular weight is 396 g/mol. The lowest BCUT2D eigenvalue weighted by atomic mass is 10.1. The van der Waals surface area contributed by atoms with Crippen molar-refractivity contribution in [2.24, 2.45) is 0 Å². The number of rotatable bonds is 5. The molecule has 1 aliphatic heterocycles. The number of carbonyl (C=O) groups is 2. The molecule has 1 aliphatic rings. The van der Waals surface area contributed by atoms with Crippen LogP contribution in [0.1, 0.15) is 12.8 Å². The molecule has 0 unspecified atom stereocenters. The summed E-state index contributed by atoms with van der Waals surface area (Å²) >= 11 is 0. The van der Waals surface area contributed by atoms with E-state index in [1.807, 2.05) is 0 Å². The molecule has 2 aromatic carbocycles. The van der Waals surface area contributed by atoms with Gasteiger partial charge >= 0.3 is 5.76 Å². The van der Waals surface area contributed by atoms with Gasteiger partial charge in [-0.2, -0.15) is 0 Å². The number of carbonyl (C=O) groups excluding carboxylic acids is 2. The van der Waals surface area contributed by atoms with E-state index in [1.165, 1.54) is 27.7 Å². The van der Waals surface area contributed by atoms with Crippen LogP contribution in [0.2, 0.25) is 0 Å². The van der Waals surface area contributed by atoms with Crippen molar-refractivity contribution in [1.82, 2.24) is 4.57 Å². The van der Waals surface area contributed by atoms with Crippen LogP contribution >= 0.6 is 0 Å². The summed E-state index contributed by atoms with van der Waals surface area (Å²) in [6.07, 6.45) is 0.457. The zero-order chi connectivity index (χ0) is 20.5. The molecule has 0 bridgehead atoms. The van der Waals surface area contributed by atoms with Crippen LogP contribution in [0.15, 0.2) is 51.7 Å². The number of nitro benzene ring substituents is 1. The molecule has 0 saturated heterocycles. The SMILES string of the molecule is O=C1CN(C(=O)CCCn2c(=O)oc3cc([N+](=O)[O-])ccc32)c2ccccc2N1. The maximum atomic E-state index is 12.7. The highest BCUT2D eigenvalue weighted by molar-refractivity contribution is 6.09. The second-order valence-corrected chi connectivity index (χ2v) is 6.58. The monoisotopic (exact) mass is 396 g/mol. The summed E-state index contributed by atoms with van der Waals surface area (Å²) in [5.74, 6) is -1.14. The largest absolute Gasteiger partial charge is 0.419 e. The summed E-state index contributed by atoms with van der Waals surface area (Å²) in [6.45, 7) is 0.144. The van der Waals surface area contributed by atoms with Crippen molar-refractivity contribution < 1.29 is 18.9 Å². The quantitative estimate of drug-likeness (QED) is 0.520. The fourth-order valence-electron chi connectivity index (χ4n) is 3.36. The molecule has 1 N–H and O–H groups in total. The Balaban J connectivity index is 1.48. The maximum Gasteiger partial charge on any atom is 0.419 e. The molecule has 10 nitrogen and oxygen atoms in total. The molecule has 3 aromatic rings. The normalized spacial score (nSPS) is 13.2. The zero-order valence-electron chi connectivity index (χ0n) is 15.2. The Morgan fingerprint density at radius 3 is 2.79 bits per heavy atom. The molecule has 10 heteroatoms. The summed E-state index contributed by atoms with van der Waals surface area (Å²) in [6, 6.07) is 11.0. The van der Waals surface area contributed by atoms with Gasteiger partial charge in [-0.1, -0.05) is 12.1 Å². The predicted molar refractivity (Wildman–Crippen MR) is 104 cm³/mol. The third kappa shape index (κ3) is 3.47. The third-order valence-corrected chi connectivity index (χ3v) is 4.71. The molecule has 2 heterocycles. The van der Waals surface area contributed by atoms with Crippen LogP contribution in [0, 0.1) is 10.1 Å². The minimum absolute atomic E-state index is 0.0614. The van der Waals surface area contributed by atoms with Crippen LogP contribution in [0.4, 0.5) is 17.1 Å². The van der Waals surface area contributed by atoms with E-state index < -0.39 is 10.7 Å². The first-order chi connectivity index (χ1) is 13.9. The van der Waals surface area contributed by atoms with Crippen LogP contribution in [-0.2, 0) is 16.1 Å². The molecule has 148 valence electrons. The Bertz CT molecular complexity index is 1190. The molecule has 1 aromatic heterocycles.